The zero-order valence-corrected chi connectivity index (χ0v) is 13.0. The molecule has 0 atom stereocenters. The zero-order valence-electron chi connectivity index (χ0n) is 13.0. The summed E-state index contributed by atoms with van der Waals surface area (Å²) in [4.78, 5) is 9.00. The third kappa shape index (κ3) is 1.89. The highest BCUT2D eigenvalue weighted by atomic mass is 19.2. The second-order valence-electron chi connectivity index (χ2n) is 6.37. The second kappa shape index (κ2) is 4.63. The summed E-state index contributed by atoms with van der Waals surface area (Å²) in [6.07, 6.45) is 3.75. The van der Waals surface area contributed by atoms with Crippen molar-refractivity contribution in [3.8, 4) is 5.95 Å². The van der Waals surface area contributed by atoms with Crippen LogP contribution in [0.1, 0.15) is 24.4 Å². The monoisotopic (exact) mass is 324 g/mol. The molecule has 0 amide bonds. The third-order valence-corrected chi connectivity index (χ3v) is 4.54. The first-order chi connectivity index (χ1) is 11.6. The average Bonchev–Trinajstić information content (AvgIpc) is 3.21. The van der Waals surface area contributed by atoms with Gasteiger partial charge in [-0.25, -0.2) is 18.7 Å². The molecule has 5 rings (SSSR count). The quantitative estimate of drug-likeness (QED) is 0.551. The largest absolute Gasteiger partial charge is 0.306 e. The first kappa shape index (κ1) is 13.7. The van der Waals surface area contributed by atoms with Crippen LogP contribution in [0.3, 0.4) is 0 Å². The van der Waals surface area contributed by atoms with Crippen molar-refractivity contribution < 1.29 is 8.78 Å². The number of halogens is 2. The average molecular weight is 324 g/mol. The topological polar surface area (TPSA) is 35.6 Å². The molecule has 4 nitrogen and oxygen atoms in total. The van der Waals surface area contributed by atoms with E-state index >= 15 is 0 Å². The van der Waals surface area contributed by atoms with Crippen molar-refractivity contribution in [3.05, 3.63) is 53.9 Å². The molecule has 2 aromatic carbocycles. The lowest BCUT2D eigenvalue weighted by Crippen LogP contribution is -2.05. The Morgan fingerprint density at radius 3 is 2.58 bits per heavy atom. The van der Waals surface area contributed by atoms with Gasteiger partial charge >= 0.3 is 0 Å². The first-order valence-corrected chi connectivity index (χ1v) is 7.93. The molecule has 1 aliphatic rings. The zero-order chi connectivity index (χ0) is 16.4. The van der Waals surface area contributed by atoms with E-state index in [0.29, 0.717) is 17.0 Å². The van der Waals surface area contributed by atoms with Crippen LogP contribution >= 0.6 is 0 Å². The smallest absolute Gasteiger partial charge is 0.216 e. The van der Waals surface area contributed by atoms with E-state index in [1.807, 2.05) is 34.3 Å². The molecule has 1 aliphatic carbocycles. The molecule has 1 saturated carbocycles. The molecule has 0 radical (unpaired) electrons. The number of rotatable bonds is 2. The first-order valence-electron chi connectivity index (χ1n) is 7.93. The molecular weight excluding hydrogens is 310 g/mol. The fourth-order valence-corrected chi connectivity index (χ4v) is 3.22. The number of nitrogens with zero attached hydrogens (tertiary/aromatic N) is 4. The fourth-order valence-electron chi connectivity index (χ4n) is 3.22. The highest BCUT2D eigenvalue weighted by Gasteiger charge is 2.30. The van der Waals surface area contributed by atoms with Crippen LogP contribution in [0.4, 0.5) is 8.78 Å². The lowest BCUT2D eigenvalue weighted by molar-refractivity contribution is 0.510. The molecule has 2 heterocycles. The van der Waals surface area contributed by atoms with Crippen LogP contribution in [0.15, 0.2) is 36.7 Å². The van der Waals surface area contributed by atoms with Crippen molar-refractivity contribution in [2.75, 3.05) is 0 Å². The van der Waals surface area contributed by atoms with E-state index in [1.54, 1.807) is 6.33 Å². The number of aromatic nitrogens is 4. The summed E-state index contributed by atoms with van der Waals surface area (Å²) in [5.74, 6) is -1.06. The van der Waals surface area contributed by atoms with E-state index in [1.165, 1.54) is 6.07 Å². The Labute approximate surface area is 136 Å². The molecule has 0 aliphatic heterocycles. The maximum Gasteiger partial charge on any atom is 0.216 e. The van der Waals surface area contributed by atoms with Gasteiger partial charge in [-0.1, -0.05) is 6.07 Å². The van der Waals surface area contributed by atoms with Gasteiger partial charge in [0.1, 0.15) is 6.33 Å². The minimum absolute atomic E-state index is 0.275. The van der Waals surface area contributed by atoms with Gasteiger partial charge in [0, 0.05) is 18.2 Å². The molecule has 0 bridgehead atoms. The van der Waals surface area contributed by atoms with E-state index in [-0.39, 0.29) is 6.04 Å². The van der Waals surface area contributed by atoms with Crippen molar-refractivity contribution >= 4 is 22.1 Å². The summed E-state index contributed by atoms with van der Waals surface area (Å²) in [5.41, 5.74) is 4.02. The highest BCUT2D eigenvalue weighted by molar-refractivity contribution is 5.81. The van der Waals surface area contributed by atoms with Crippen LogP contribution < -0.4 is 0 Å². The number of aryl methyl sites for hydroxylation is 1. The van der Waals surface area contributed by atoms with Gasteiger partial charge in [0.05, 0.1) is 22.1 Å². The van der Waals surface area contributed by atoms with Gasteiger partial charge in [-0.3, -0.25) is 4.57 Å². The lowest BCUT2D eigenvalue weighted by Gasteiger charge is -2.09. The Kier molecular flexibility index (Phi) is 2.63. The van der Waals surface area contributed by atoms with Gasteiger partial charge in [-0.05, 0) is 37.5 Å². The van der Waals surface area contributed by atoms with Crippen molar-refractivity contribution in [2.24, 2.45) is 0 Å². The molecule has 2 aromatic heterocycles. The Hall–Kier alpha value is -2.76. The van der Waals surface area contributed by atoms with E-state index in [9.17, 15) is 8.78 Å². The number of fused-ring (bicyclic) bond motifs is 2. The predicted octanol–water partition coefficient (Wildman–Crippen LogP) is 4.30. The Bertz CT molecular complexity index is 1110. The number of benzene rings is 2. The van der Waals surface area contributed by atoms with E-state index < -0.39 is 11.6 Å². The molecule has 1 fully saturated rings. The van der Waals surface area contributed by atoms with Crippen molar-refractivity contribution in [3.63, 3.8) is 0 Å². The van der Waals surface area contributed by atoms with Crippen molar-refractivity contribution in [1.29, 1.82) is 0 Å². The van der Waals surface area contributed by atoms with E-state index in [2.05, 4.69) is 9.97 Å². The van der Waals surface area contributed by atoms with E-state index in [0.717, 1.165) is 35.5 Å². The van der Waals surface area contributed by atoms with Crippen LogP contribution in [-0.4, -0.2) is 19.1 Å². The number of imidazole rings is 2. The summed E-state index contributed by atoms with van der Waals surface area (Å²) < 4.78 is 31.2. The molecule has 120 valence electrons. The molecular formula is C18H14F2N4. The highest BCUT2D eigenvalue weighted by Crippen LogP contribution is 2.40. The van der Waals surface area contributed by atoms with Crippen LogP contribution in [0.25, 0.3) is 28.0 Å². The Morgan fingerprint density at radius 1 is 1.00 bits per heavy atom. The maximum atomic E-state index is 13.7. The predicted molar refractivity (Wildman–Crippen MR) is 87.3 cm³/mol. The summed E-state index contributed by atoms with van der Waals surface area (Å²) in [6.45, 7) is 2.02. The number of hydrogen-bond donors (Lipinski definition) is 0. The maximum absolute atomic E-state index is 13.7. The summed E-state index contributed by atoms with van der Waals surface area (Å²) in [5, 5.41) is 0. The molecule has 6 heteroatoms. The molecule has 4 aromatic rings. The van der Waals surface area contributed by atoms with Gasteiger partial charge in [0.15, 0.2) is 11.6 Å². The SMILES string of the molecule is Cc1ccc2ncn(-c3nc4cc(F)c(F)cc4n3C3CC3)c2c1. The van der Waals surface area contributed by atoms with Gasteiger partial charge in [-0.2, -0.15) is 0 Å². The normalized spacial score (nSPS) is 14.8. The Morgan fingerprint density at radius 2 is 1.79 bits per heavy atom. The van der Waals surface area contributed by atoms with Gasteiger partial charge < -0.3 is 4.57 Å². The lowest BCUT2D eigenvalue weighted by atomic mass is 10.2. The minimum Gasteiger partial charge on any atom is -0.306 e. The van der Waals surface area contributed by atoms with Crippen LogP contribution in [0.5, 0.6) is 0 Å². The number of hydrogen-bond acceptors (Lipinski definition) is 2. The second-order valence-corrected chi connectivity index (χ2v) is 6.37. The van der Waals surface area contributed by atoms with Gasteiger partial charge in [0.25, 0.3) is 0 Å². The van der Waals surface area contributed by atoms with Crippen LogP contribution in [-0.2, 0) is 0 Å². The van der Waals surface area contributed by atoms with Crippen molar-refractivity contribution in [2.45, 2.75) is 25.8 Å². The van der Waals surface area contributed by atoms with Gasteiger partial charge in [-0.15, -0.1) is 0 Å². The molecule has 0 unspecified atom stereocenters. The molecule has 0 spiro atoms. The van der Waals surface area contributed by atoms with Gasteiger partial charge in [0.2, 0.25) is 5.95 Å². The van der Waals surface area contributed by atoms with Crippen molar-refractivity contribution in [1.82, 2.24) is 19.1 Å². The Balaban J connectivity index is 1.85. The molecule has 24 heavy (non-hydrogen) atoms. The van der Waals surface area contributed by atoms with Crippen LogP contribution in [0.2, 0.25) is 0 Å². The minimum atomic E-state index is -0.874. The summed E-state index contributed by atoms with van der Waals surface area (Å²) in [6, 6.07) is 8.69. The van der Waals surface area contributed by atoms with Crippen LogP contribution in [0, 0.1) is 18.6 Å². The fraction of sp³-hybridized carbons (Fsp3) is 0.222. The molecule has 0 N–H and O–H groups in total. The summed E-state index contributed by atoms with van der Waals surface area (Å²) in [7, 11) is 0. The van der Waals surface area contributed by atoms with E-state index in [4.69, 9.17) is 0 Å². The standard InChI is InChI=1S/C18H14F2N4/c1-10-2-5-14-16(6-10)23(9-21-14)18-22-15-7-12(19)13(20)8-17(15)24(18)11-3-4-11/h2,5-9,11H,3-4H2,1H3. The summed E-state index contributed by atoms with van der Waals surface area (Å²) >= 11 is 0. The third-order valence-electron chi connectivity index (χ3n) is 4.54. The molecule has 0 saturated heterocycles.